The number of ether oxygens (including phenoxy) is 1. The molecule has 3 N–H and O–H groups in total. The van der Waals surface area contributed by atoms with E-state index in [2.05, 4.69) is 64.8 Å². The SMILES string of the molecule is C=CC(=O)N1CC[C@@H](C(=O)N(C)C(C(=O)N[C@H]2Cc3cc(O)cc(c3)-c3ccc4c(c3)c(c(-c3cncnc3)n4CC)CC(C)(C)COC(=O)[C@@H]3CCCN(N3)C2=O)C(C)C)O1. The lowest BCUT2D eigenvalue weighted by molar-refractivity contribution is -0.183. The molecule has 0 spiro atoms. The number of cyclic esters (lactones) is 1. The highest BCUT2D eigenvalue weighted by Crippen LogP contribution is 2.40. The number of fused-ring (bicyclic) bond motifs is 6. The minimum absolute atomic E-state index is 0.0241. The standard InChI is InChI=1S/C46H56N8O8/c1-8-39(56)54-16-14-38(62-54)44(59)51(7)40(27(3)4)42(57)49-36-19-28-17-30(20-32(55)18-28)29-12-13-37-33(21-29)34(41(52(37)9-2)31-23-47-26-48-24-31)22-46(5,6)25-61-45(60)35-11-10-15-53(50-35)43(36)58/h8,12-13,17-18,20-21,23-24,26-27,35-36,38,40,50,55H,1,9-11,14-16,19,22,25H2,2-7H3,(H,49,57)/t35-,36-,38-,40?/m0/s1. The van der Waals surface area contributed by atoms with Crippen molar-refractivity contribution in [1.82, 2.24) is 40.2 Å². The molecule has 62 heavy (non-hydrogen) atoms. The van der Waals surface area contributed by atoms with Crippen molar-refractivity contribution in [2.24, 2.45) is 11.3 Å². The number of phenolic OH excluding ortho intramolecular Hbond substituents is 1. The normalized spacial score (nSPS) is 21.0. The molecule has 0 saturated carbocycles. The van der Waals surface area contributed by atoms with Crippen LogP contribution in [0.25, 0.3) is 33.3 Å². The van der Waals surface area contributed by atoms with Gasteiger partial charge in [0.25, 0.3) is 17.7 Å². The average molecular weight is 849 g/mol. The first-order valence-electron chi connectivity index (χ1n) is 21.2. The number of aromatic hydroxyl groups is 1. The lowest BCUT2D eigenvalue weighted by Crippen LogP contribution is -2.62. The van der Waals surface area contributed by atoms with Crippen LogP contribution in [0, 0.1) is 11.3 Å². The minimum atomic E-state index is -1.19. The summed E-state index contributed by atoms with van der Waals surface area (Å²) in [7, 11) is 1.50. The van der Waals surface area contributed by atoms with E-state index in [0.29, 0.717) is 36.9 Å². The molecule has 0 aliphatic carbocycles. The number of esters is 1. The number of carbonyl (C=O) groups excluding carboxylic acids is 5. The molecule has 4 atom stereocenters. The van der Waals surface area contributed by atoms with E-state index in [1.165, 1.54) is 23.3 Å². The van der Waals surface area contributed by atoms with Gasteiger partial charge in [-0.1, -0.05) is 46.4 Å². The van der Waals surface area contributed by atoms with E-state index in [1.54, 1.807) is 38.4 Å². The van der Waals surface area contributed by atoms with Crippen LogP contribution in [-0.4, -0.2) is 115 Å². The Balaban J connectivity index is 1.28. The zero-order valence-electron chi connectivity index (χ0n) is 36.2. The van der Waals surface area contributed by atoms with Crippen LogP contribution < -0.4 is 10.7 Å². The van der Waals surface area contributed by atoms with Crippen LogP contribution in [0.4, 0.5) is 0 Å². The molecule has 5 heterocycles. The number of nitrogens with one attached hydrogen (secondary N) is 2. The van der Waals surface area contributed by atoms with Crippen LogP contribution in [-0.2, 0) is 52.9 Å². The third-order valence-corrected chi connectivity index (χ3v) is 11.9. The molecule has 16 nitrogen and oxygen atoms in total. The number of hydrogen-bond donors (Lipinski definition) is 3. The van der Waals surface area contributed by atoms with Gasteiger partial charge in [0.15, 0.2) is 6.10 Å². The second-order valence-electron chi connectivity index (χ2n) is 17.5. The van der Waals surface area contributed by atoms with Gasteiger partial charge in [0.1, 0.15) is 30.2 Å². The zero-order valence-corrected chi connectivity index (χ0v) is 36.2. The largest absolute Gasteiger partial charge is 0.508 e. The fourth-order valence-electron chi connectivity index (χ4n) is 8.93. The first-order chi connectivity index (χ1) is 29.6. The third-order valence-electron chi connectivity index (χ3n) is 11.9. The summed E-state index contributed by atoms with van der Waals surface area (Å²) >= 11 is 0. The summed E-state index contributed by atoms with van der Waals surface area (Å²) in [6.07, 6.45) is 6.89. The highest BCUT2D eigenvalue weighted by molar-refractivity contribution is 5.96. The molecule has 2 fully saturated rings. The Bertz CT molecular complexity index is 2380. The van der Waals surface area contributed by atoms with Crippen LogP contribution in [0.3, 0.4) is 0 Å². The average Bonchev–Trinajstić information content (AvgIpc) is 3.87. The molecule has 3 aliphatic heterocycles. The van der Waals surface area contributed by atoms with Crippen molar-refractivity contribution in [2.75, 3.05) is 26.7 Å². The summed E-state index contributed by atoms with van der Waals surface area (Å²) in [5.41, 5.74) is 8.52. The molecule has 328 valence electrons. The Morgan fingerprint density at radius 3 is 2.53 bits per heavy atom. The van der Waals surface area contributed by atoms with Gasteiger partial charge in [0.05, 0.1) is 18.8 Å². The smallest absolute Gasteiger partial charge is 0.324 e. The second-order valence-corrected chi connectivity index (χ2v) is 17.5. The molecule has 2 aromatic carbocycles. The first kappa shape index (κ1) is 43.9. The van der Waals surface area contributed by atoms with E-state index in [4.69, 9.17) is 9.57 Å². The van der Waals surface area contributed by atoms with E-state index in [-0.39, 0.29) is 38.3 Å². The van der Waals surface area contributed by atoms with E-state index >= 15 is 0 Å². The summed E-state index contributed by atoms with van der Waals surface area (Å²) in [4.78, 5) is 84.2. The summed E-state index contributed by atoms with van der Waals surface area (Å²) in [5, 5.41) is 17.6. The molecular weight excluding hydrogens is 793 g/mol. The van der Waals surface area contributed by atoms with Gasteiger partial charge < -0.3 is 24.6 Å². The van der Waals surface area contributed by atoms with Crippen molar-refractivity contribution in [3.8, 4) is 28.1 Å². The lowest BCUT2D eigenvalue weighted by Gasteiger charge is -2.37. The van der Waals surface area contributed by atoms with Gasteiger partial charge in [-0.15, -0.1) is 0 Å². The summed E-state index contributed by atoms with van der Waals surface area (Å²) in [6.45, 7) is 14.5. The summed E-state index contributed by atoms with van der Waals surface area (Å²) in [6, 6.07) is 8.25. The van der Waals surface area contributed by atoms with Gasteiger partial charge in [-0.3, -0.25) is 33.8 Å². The number of hydrazine groups is 1. The molecule has 4 amide bonds. The first-order valence-corrected chi connectivity index (χ1v) is 21.2. The van der Waals surface area contributed by atoms with Crippen LogP contribution in [0.15, 0.2) is 67.8 Å². The fourth-order valence-corrected chi connectivity index (χ4v) is 8.93. The molecule has 6 bridgehead atoms. The number of rotatable bonds is 8. The number of aryl methyl sites for hydroxylation is 1. The van der Waals surface area contributed by atoms with Crippen LogP contribution in [0.5, 0.6) is 5.75 Å². The van der Waals surface area contributed by atoms with E-state index in [1.807, 2.05) is 12.1 Å². The Kier molecular flexibility index (Phi) is 12.8. The maximum absolute atomic E-state index is 14.6. The fraction of sp³-hybridized carbons (Fsp3) is 0.457. The van der Waals surface area contributed by atoms with Crippen molar-refractivity contribution in [3.63, 3.8) is 0 Å². The number of likely N-dealkylation sites (N-methyl/N-ethyl adjacent to an activating group) is 1. The zero-order chi connectivity index (χ0) is 44.5. The second kappa shape index (κ2) is 18.1. The highest BCUT2D eigenvalue weighted by Gasteiger charge is 2.41. The molecule has 2 aromatic heterocycles. The summed E-state index contributed by atoms with van der Waals surface area (Å²) < 4.78 is 8.26. The molecule has 3 aliphatic rings. The van der Waals surface area contributed by atoms with Crippen molar-refractivity contribution in [3.05, 3.63) is 78.9 Å². The number of carbonyl (C=O) groups is 5. The molecule has 1 unspecified atom stereocenters. The molecular formula is C46H56N8O8. The Hall–Kier alpha value is -6.13. The topological polar surface area (TPSA) is 189 Å². The maximum atomic E-state index is 14.6. The monoisotopic (exact) mass is 848 g/mol. The Morgan fingerprint density at radius 2 is 1.82 bits per heavy atom. The van der Waals surface area contributed by atoms with Gasteiger partial charge in [-0.25, -0.2) is 20.5 Å². The molecule has 4 aromatic rings. The van der Waals surface area contributed by atoms with Gasteiger partial charge >= 0.3 is 5.97 Å². The number of hydrogen-bond acceptors (Lipinski definition) is 11. The number of nitrogens with zero attached hydrogens (tertiary/aromatic N) is 6. The third kappa shape index (κ3) is 9.07. The lowest BCUT2D eigenvalue weighted by atomic mass is 9.84. The summed E-state index contributed by atoms with van der Waals surface area (Å²) in [5.74, 6) is -2.96. The highest BCUT2D eigenvalue weighted by atomic mass is 16.7. The molecule has 7 rings (SSSR count). The number of benzene rings is 2. The number of amides is 4. The molecule has 2 saturated heterocycles. The van der Waals surface area contributed by atoms with E-state index < -0.39 is 65.2 Å². The predicted molar refractivity (Wildman–Crippen MR) is 230 cm³/mol. The van der Waals surface area contributed by atoms with Crippen LogP contribution in [0.2, 0.25) is 0 Å². The maximum Gasteiger partial charge on any atom is 0.324 e. The van der Waals surface area contributed by atoms with Crippen LogP contribution in [0.1, 0.15) is 65.0 Å². The van der Waals surface area contributed by atoms with Gasteiger partial charge in [0.2, 0.25) is 5.91 Å². The van der Waals surface area contributed by atoms with Crippen LogP contribution >= 0.6 is 0 Å². The predicted octanol–water partition coefficient (Wildman–Crippen LogP) is 4.34. The van der Waals surface area contributed by atoms with Gasteiger partial charge in [-0.2, -0.15) is 0 Å². The Labute approximate surface area is 361 Å². The van der Waals surface area contributed by atoms with E-state index in [9.17, 15) is 29.1 Å². The van der Waals surface area contributed by atoms with E-state index in [0.717, 1.165) is 44.4 Å². The van der Waals surface area contributed by atoms with Crippen molar-refractivity contribution < 1.29 is 38.7 Å². The van der Waals surface area contributed by atoms with Crippen molar-refractivity contribution in [2.45, 2.75) is 97.5 Å². The van der Waals surface area contributed by atoms with Gasteiger partial charge in [-0.05, 0) is 84.7 Å². The number of aromatic nitrogens is 3. The van der Waals surface area contributed by atoms with Gasteiger partial charge in [0, 0.05) is 67.3 Å². The quantitative estimate of drug-likeness (QED) is 0.169. The minimum Gasteiger partial charge on any atom is -0.508 e. The molecule has 0 radical (unpaired) electrons. The molecule has 16 heteroatoms. The number of phenols is 1. The Morgan fingerprint density at radius 1 is 1.06 bits per heavy atom. The van der Waals surface area contributed by atoms with Crippen molar-refractivity contribution >= 4 is 40.5 Å². The van der Waals surface area contributed by atoms with Crippen molar-refractivity contribution in [1.29, 1.82) is 0 Å². The number of hydroxylamine groups is 2.